The highest BCUT2D eigenvalue weighted by atomic mass is 32.2. The molecule has 0 aliphatic carbocycles. The second-order valence-electron chi connectivity index (χ2n) is 5.65. The Labute approximate surface area is 130 Å². The maximum atomic E-state index is 12.1. The highest BCUT2D eigenvalue weighted by Gasteiger charge is 2.33. The van der Waals surface area contributed by atoms with Crippen molar-refractivity contribution >= 4 is 27.3 Å². The van der Waals surface area contributed by atoms with Crippen LogP contribution in [-0.4, -0.2) is 49.7 Å². The van der Waals surface area contributed by atoms with E-state index in [0.717, 1.165) is 5.56 Å². The smallest absolute Gasteiger partial charge is 0.233 e. The maximum Gasteiger partial charge on any atom is 0.233 e. The van der Waals surface area contributed by atoms with Gasteiger partial charge in [0.25, 0.3) is 0 Å². The van der Waals surface area contributed by atoms with Gasteiger partial charge in [-0.25, -0.2) is 8.42 Å². The second-order valence-corrected chi connectivity index (χ2v) is 7.88. The van der Waals surface area contributed by atoms with Gasteiger partial charge in [-0.1, -0.05) is 17.7 Å². The lowest BCUT2D eigenvalue weighted by Gasteiger charge is -2.23. The van der Waals surface area contributed by atoms with Gasteiger partial charge in [-0.3, -0.25) is 9.59 Å². The molecule has 2 amide bonds. The highest BCUT2D eigenvalue weighted by Crippen LogP contribution is 2.17. The SMILES string of the molecule is Cc1ccc(NC(=O)CC(=O)N(C)C2CCS(=O)(=O)C2)cc1. The first kappa shape index (κ1) is 16.5. The summed E-state index contributed by atoms with van der Waals surface area (Å²) >= 11 is 0. The quantitative estimate of drug-likeness (QED) is 0.837. The molecule has 1 unspecified atom stereocenters. The number of carbonyl (C=O) groups excluding carboxylic acids is 2. The summed E-state index contributed by atoms with van der Waals surface area (Å²) in [4.78, 5) is 25.3. The third kappa shape index (κ3) is 4.30. The Morgan fingerprint density at radius 3 is 2.45 bits per heavy atom. The average molecular weight is 324 g/mol. The fraction of sp³-hybridized carbons (Fsp3) is 0.467. The molecule has 0 bridgehead atoms. The number of hydrogen-bond acceptors (Lipinski definition) is 4. The van der Waals surface area contributed by atoms with E-state index in [1.807, 2.05) is 19.1 Å². The summed E-state index contributed by atoms with van der Waals surface area (Å²) in [7, 11) is -1.50. The van der Waals surface area contributed by atoms with E-state index in [2.05, 4.69) is 5.32 Å². The van der Waals surface area contributed by atoms with Gasteiger partial charge in [0.05, 0.1) is 11.5 Å². The van der Waals surface area contributed by atoms with Crippen LogP contribution in [0.2, 0.25) is 0 Å². The Balaban J connectivity index is 1.88. The number of anilines is 1. The van der Waals surface area contributed by atoms with Gasteiger partial charge >= 0.3 is 0 Å². The third-order valence-corrected chi connectivity index (χ3v) is 5.55. The molecule has 0 spiro atoms. The van der Waals surface area contributed by atoms with E-state index in [4.69, 9.17) is 0 Å². The van der Waals surface area contributed by atoms with E-state index >= 15 is 0 Å². The average Bonchev–Trinajstić information content (AvgIpc) is 2.80. The van der Waals surface area contributed by atoms with Crippen molar-refractivity contribution in [1.29, 1.82) is 0 Å². The zero-order valence-electron chi connectivity index (χ0n) is 12.7. The van der Waals surface area contributed by atoms with Crippen LogP contribution in [0.3, 0.4) is 0 Å². The van der Waals surface area contributed by atoms with Crippen molar-refractivity contribution in [3.63, 3.8) is 0 Å². The number of nitrogens with one attached hydrogen (secondary N) is 1. The van der Waals surface area contributed by atoms with Crippen LogP contribution in [0.1, 0.15) is 18.4 Å². The maximum absolute atomic E-state index is 12.1. The summed E-state index contributed by atoms with van der Waals surface area (Å²) in [5.74, 6) is -0.687. The largest absolute Gasteiger partial charge is 0.341 e. The summed E-state index contributed by atoms with van der Waals surface area (Å²) in [6.45, 7) is 1.94. The first-order chi connectivity index (χ1) is 10.3. The van der Waals surface area contributed by atoms with Crippen molar-refractivity contribution in [3.8, 4) is 0 Å². The zero-order chi connectivity index (χ0) is 16.3. The molecular weight excluding hydrogens is 304 g/mol. The summed E-state index contributed by atoms with van der Waals surface area (Å²) < 4.78 is 22.9. The Bertz CT molecular complexity index is 667. The van der Waals surface area contributed by atoms with Crippen molar-refractivity contribution in [1.82, 2.24) is 4.90 Å². The van der Waals surface area contributed by atoms with Crippen molar-refractivity contribution in [2.24, 2.45) is 0 Å². The lowest BCUT2D eigenvalue weighted by Crippen LogP contribution is -2.39. The van der Waals surface area contributed by atoms with Crippen LogP contribution in [0.15, 0.2) is 24.3 Å². The van der Waals surface area contributed by atoms with Crippen LogP contribution >= 0.6 is 0 Å². The molecule has 0 aromatic heterocycles. The molecule has 1 aliphatic rings. The minimum absolute atomic E-state index is 0.0190. The predicted octanol–water partition coefficient (Wildman–Crippen LogP) is 0.969. The monoisotopic (exact) mass is 324 g/mol. The Morgan fingerprint density at radius 2 is 1.91 bits per heavy atom. The van der Waals surface area contributed by atoms with Crippen LogP contribution in [0, 0.1) is 6.92 Å². The van der Waals surface area contributed by atoms with E-state index in [1.165, 1.54) is 4.90 Å². The number of sulfone groups is 1. The van der Waals surface area contributed by atoms with Crippen LogP contribution in [0.4, 0.5) is 5.69 Å². The Morgan fingerprint density at radius 1 is 1.27 bits per heavy atom. The number of rotatable bonds is 4. The van der Waals surface area contributed by atoms with E-state index in [-0.39, 0.29) is 29.9 Å². The molecule has 1 aliphatic heterocycles. The molecule has 1 fully saturated rings. The molecule has 1 saturated heterocycles. The topological polar surface area (TPSA) is 83.6 Å². The third-order valence-electron chi connectivity index (χ3n) is 3.80. The molecule has 1 atom stereocenters. The second kappa shape index (κ2) is 6.48. The van der Waals surface area contributed by atoms with Gasteiger partial charge in [0.2, 0.25) is 11.8 Å². The normalized spacial score (nSPS) is 19.6. The van der Waals surface area contributed by atoms with Crippen LogP contribution < -0.4 is 5.32 Å². The number of carbonyl (C=O) groups is 2. The van der Waals surface area contributed by atoms with Crippen molar-refractivity contribution in [2.45, 2.75) is 25.8 Å². The van der Waals surface area contributed by atoms with Gasteiger partial charge in [-0.2, -0.15) is 0 Å². The zero-order valence-corrected chi connectivity index (χ0v) is 13.5. The Kier molecular flexibility index (Phi) is 4.85. The van der Waals surface area contributed by atoms with Crippen LogP contribution in [-0.2, 0) is 19.4 Å². The molecule has 1 aromatic rings. The van der Waals surface area contributed by atoms with E-state index in [1.54, 1.807) is 19.2 Å². The molecule has 22 heavy (non-hydrogen) atoms. The molecular formula is C15H20N2O4S. The van der Waals surface area contributed by atoms with Gasteiger partial charge < -0.3 is 10.2 Å². The molecule has 0 radical (unpaired) electrons. The van der Waals surface area contributed by atoms with Crippen molar-refractivity contribution in [2.75, 3.05) is 23.9 Å². The highest BCUT2D eigenvalue weighted by molar-refractivity contribution is 7.91. The summed E-state index contributed by atoms with van der Waals surface area (Å²) in [5, 5.41) is 2.66. The number of amides is 2. The van der Waals surface area contributed by atoms with Gasteiger partial charge in [0, 0.05) is 18.8 Å². The summed E-state index contributed by atoms with van der Waals surface area (Å²) in [6, 6.07) is 6.94. The standard InChI is InChI=1S/C15H20N2O4S/c1-11-3-5-12(6-4-11)16-14(18)9-15(19)17(2)13-7-8-22(20,21)10-13/h3-6,13H,7-10H2,1-2H3,(H,16,18). The number of nitrogens with zero attached hydrogens (tertiary/aromatic N) is 1. The molecule has 1 aromatic carbocycles. The van der Waals surface area contributed by atoms with Gasteiger partial charge in [-0.15, -0.1) is 0 Å². The number of aryl methyl sites for hydroxylation is 1. The lowest BCUT2D eigenvalue weighted by atomic mass is 10.2. The van der Waals surface area contributed by atoms with E-state index in [0.29, 0.717) is 12.1 Å². The van der Waals surface area contributed by atoms with Crippen LogP contribution in [0.25, 0.3) is 0 Å². The van der Waals surface area contributed by atoms with Crippen molar-refractivity contribution < 1.29 is 18.0 Å². The molecule has 0 saturated carbocycles. The number of hydrogen-bond donors (Lipinski definition) is 1. The Hall–Kier alpha value is -1.89. The van der Waals surface area contributed by atoms with Crippen LogP contribution in [0.5, 0.6) is 0 Å². The van der Waals surface area contributed by atoms with Gasteiger partial charge in [0.15, 0.2) is 9.84 Å². The van der Waals surface area contributed by atoms with Gasteiger partial charge in [-0.05, 0) is 25.5 Å². The summed E-state index contributed by atoms with van der Waals surface area (Å²) in [5.41, 5.74) is 1.71. The van der Waals surface area contributed by atoms with E-state index < -0.39 is 15.7 Å². The fourth-order valence-electron chi connectivity index (χ4n) is 2.39. The fourth-order valence-corrected chi connectivity index (χ4v) is 4.16. The molecule has 2 rings (SSSR count). The lowest BCUT2D eigenvalue weighted by molar-refractivity contribution is -0.134. The predicted molar refractivity (Wildman–Crippen MR) is 84.3 cm³/mol. The van der Waals surface area contributed by atoms with E-state index in [9.17, 15) is 18.0 Å². The molecule has 120 valence electrons. The molecule has 1 N–H and O–H groups in total. The summed E-state index contributed by atoms with van der Waals surface area (Å²) in [6.07, 6.45) is 0.144. The first-order valence-electron chi connectivity index (χ1n) is 7.09. The minimum atomic E-state index is -3.05. The van der Waals surface area contributed by atoms with Crippen molar-refractivity contribution in [3.05, 3.63) is 29.8 Å². The minimum Gasteiger partial charge on any atom is -0.341 e. The molecule has 7 heteroatoms. The number of benzene rings is 1. The molecule has 6 nitrogen and oxygen atoms in total. The first-order valence-corrected chi connectivity index (χ1v) is 8.91. The molecule has 1 heterocycles. The van der Waals surface area contributed by atoms with Gasteiger partial charge in [0.1, 0.15) is 6.42 Å².